The van der Waals surface area contributed by atoms with Gasteiger partial charge in [0, 0.05) is 7.05 Å². The minimum absolute atomic E-state index is 0.0110. The van der Waals surface area contributed by atoms with Crippen molar-refractivity contribution in [3.05, 3.63) is 70.3 Å². The Labute approximate surface area is 156 Å². The Hall–Kier alpha value is -2.29. The number of fused-ring (bicyclic) bond motifs is 2. The van der Waals surface area contributed by atoms with Crippen molar-refractivity contribution in [1.29, 1.82) is 0 Å². The molecule has 2 aliphatic rings. The Bertz CT molecular complexity index is 814. The molecule has 2 aromatic carbocycles. The van der Waals surface area contributed by atoms with Gasteiger partial charge in [-0.05, 0) is 73.3 Å². The monoisotopic (exact) mass is 348 g/mol. The topological polar surface area (TPSA) is 32.3 Å². The summed E-state index contributed by atoms with van der Waals surface area (Å²) in [4.78, 5) is 14.7. The minimum atomic E-state index is 0.0110. The fourth-order valence-electron chi connectivity index (χ4n) is 4.47. The van der Waals surface area contributed by atoms with Crippen molar-refractivity contribution in [3.63, 3.8) is 0 Å². The zero-order chi connectivity index (χ0) is 18.1. The SMILES string of the molecule is C[C@@H](NC(=O)N(C)[C@@H]1CCc2ccccc21)c1ccc2c(c1)CCCC2. The second-order valence-electron chi connectivity index (χ2n) is 7.77. The summed E-state index contributed by atoms with van der Waals surface area (Å²) in [6.07, 6.45) is 7.01. The molecule has 0 aromatic heterocycles. The van der Waals surface area contributed by atoms with Gasteiger partial charge in [0.05, 0.1) is 12.1 Å². The van der Waals surface area contributed by atoms with Crippen LogP contribution in [-0.2, 0) is 19.3 Å². The fourth-order valence-corrected chi connectivity index (χ4v) is 4.47. The normalized spacial score (nSPS) is 19.4. The molecule has 136 valence electrons. The number of urea groups is 1. The van der Waals surface area contributed by atoms with E-state index in [4.69, 9.17) is 0 Å². The Morgan fingerprint density at radius 3 is 2.65 bits per heavy atom. The number of amides is 2. The summed E-state index contributed by atoms with van der Waals surface area (Å²) in [6.45, 7) is 2.08. The quantitative estimate of drug-likeness (QED) is 0.836. The number of nitrogens with one attached hydrogen (secondary N) is 1. The van der Waals surface area contributed by atoms with Crippen molar-refractivity contribution in [1.82, 2.24) is 10.2 Å². The highest BCUT2D eigenvalue weighted by Crippen LogP contribution is 2.35. The van der Waals surface area contributed by atoms with Gasteiger partial charge in [0.1, 0.15) is 0 Å². The standard InChI is InChI=1S/C23H28N2O/c1-16(19-12-11-17-7-3-4-9-20(17)15-19)24-23(26)25(2)22-14-13-18-8-5-6-10-21(18)22/h5-6,8,10-12,15-16,22H,3-4,7,9,13-14H2,1-2H3,(H,24,26)/t16-,22-/m1/s1. The van der Waals surface area contributed by atoms with Crippen LogP contribution in [0.15, 0.2) is 42.5 Å². The van der Waals surface area contributed by atoms with Gasteiger partial charge in [0.25, 0.3) is 0 Å². The maximum absolute atomic E-state index is 12.8. The number of rotatable bonds is 3. The Kier molecular flexibility index (Phi) is 4.71. The van der Waals surface area contributed by atoms with E-state index in [1.165, 1.54) is 53.5 Å². The summed E-state index contributed by atoms with van der Waals surface area (Å²) in [5.41, 5.74) is 6.83. The molecule has 2 amide bonds. The van der Waals surface area contributed by atoms with Crippen molar-refractivity contribution in [2.24, 2.45) is 0 Å². The average Bonchev–Trinajstić information content (AvgIpc) is 3.11. The van der Waals surface area contributed by atoms with Gasteiger partial charge < -0.3 is 10.2 Å². The highest BCUT2D eigenvalue weighted by Gasteiger charge is 2.29. The molecule has 0 spiro atoms. The lowest BCUT2D eigenvalue weighted by molar-refractivity contribution is 0.187. The van der Waals surface area contributed by atoms with Gasteiger partial charge in [0.2, 0.25) is 0 Å². The molecule has 0 saturated heterocycles. The first-order valence-electron chi connectivity index (χ1n) is 9.86. The van der Waals surface area contributed by atoms with Crippen LogP contribution in [0.2, 0.25) is 0 Å². The smallest absolute Gasteiger partial charge is 0.318 e. The summed E-state index contributed by atoms with van der Waals surface area (Å²) in [5, 5.41) is 3.20. The van der Waals surface area contributed by atoms with E-state index in [9.17, 15) is 4.79 Å². The number of hydrogen-bond acceptors (Lipinski definition) is 1. The molecule has 26 heavy (non-hydrogen) atoms. The van der Waals surface area contributed by atoms with Crippen molar-refractivity contribution < 1.29 is 4.79 Å². The minimum Gasteiger partial charge on any atom is -0.331 e. The number of carbonyl (C=O) groups is 1. The molecule has 4 rings (SSSR count). The van der Waals surface area contributed by atoms with Crippen LogP contribution in [0.5, 0.6) is 0 Å². The van der Waals surface area contributed by atoms with Crippen LogP contribution >= 0.6 is 0 Å². The number of carbonyl (C=O) groups excluding carboxylic acids is 1. The highest BCUT2D eigenvalue weighted by molar-refractivity contribution is 5.75. The molecule has 0 bridgehead atoms. The maximum Gasteiger partial charge on any atom is 0.318 e. The lowest BCUT2D eigenvalue weighted by atomic mass is 9.89. The van der Waals surface area contributed by atoms with E-state index in [-0.39, 0.29) is 18.1 Å². The molecular weight excluding hydrogens is 320 g/mol. The first-order chi connectivity index (χ1) is 12.6. The fraction of sp³-hybridized carbons (Fsp3) is 0.435. The third-order valence-electron chi connectivity index (χ3n) is 6.10. The molecule has 0 aliphatic heterocycles. The lowest BCUT2D eigenvalue weighted by Gasteiger charge is -2.28. The van der Waals surface area contributed by atoms with Crippen LogP contribution in [0, 0.1) is 0 Å². The predicted octanol–water partition coefficient (Wildman–Crippen LogP) is 4.96. The summed E-state index contributed by atoms with van der Waals surface area (Å²) in [5.74, 6) is 0. The Balaban J connectivity index is 1.44. The van der Waals surface area contributed by atoms with E-state index in [1.807, 2.05) is 11.9 Å². The number of benzene rings is 2. The lowest BCUT2D eigenvalue weighted by Crippen LogP contribution is -2.40. The molecule has 2 aliphatic carbocycles. The van der Waals surface area contributed by atoms with E-state index in [2.05, 4.69) is 54.7 Å². The molecule has 3 nitrogen and oxygen atoms in total. The van der Waals surface area contributed by atoms with Crippen LogP contribution in [-0.4, -0.2) is 18.0 Å². The van der Waals surface area contributed by atoms with Gasteiger partial charge in [-0.15, -0.1) is 0 Å². The summed E-state index contributed by atoms with van der Waals surface area (Å²) >= 11 is 0. The molecule has 1 N–H and O–H groups in total. The van der Waals surface area contributed by atoms with Crippen LogP contribution in [0.4, 0.5) is 4.79 Å². The molecule has 0 fully saturated rings. The third-order valence-corrected chi connectivity index (χ3v) is 6.10. The van der Waals surface area contributed by atoms with Crippen molar-refractivity contribution in [2.45, 2.75) is 57.5 Å². The third kappa shape index (κ3) is 3.23. The summed E-state index contributed by atoms with van der Waals surface area (Å²) in [6, 6.07) is 15.4. The molecule has 2 atom stereocenters. The molecule has 0 saturated carbocycles. The number of aryl methyl sites for hydroxylation is 3. The number of nitrogens with zero attached hydrogens (tertiary/aromatic N) is 1. The number of hydrogen-bond donors (Lipinski definition) is 1. The van der Waals surface area contributed by atoms with E-state index in [0.717, 1.165) is 12.8 Å². The van der Waals surface area contributed by atoms with Crippen LogP contribution in [0.25, 0.3) is 0 Å². The average molecular weight is 348 g/mol. The van der Waals surface area contributed by atoms with E-state index < -0.39 is 0 Å². The van der Waals surface area contributed by atoms with Crippen molar-refractivity contribution in [3.8, 4) is 0 Å². The molecule has 0 radical (unpaired) electrons. The first kappa shape index (κ1) is 17.1. The highest BCUT2D eigenvalue weighted by atomic mass is 16.2. The summed E-state index contributed by atoms with van der Waals surface area (Å²) in [7, 11) is 1.92. The Morgan fingerprint density at radius 1 is 1.04 bits per heavy atom. The van der Waals surface area contributed by atoms with E-state index in [0.29, 0.717) is 0 Å². The zero-order valence-corrected chi connectivity index (χ0v) is 15.8. The first-order valence-corrected chi connectivity index (χ1v) is 9.86. The second kappa shape index (κ2) is 7.14. The molecule has 3 heteroatoms. The zero-order valence-electron chi connectivity index (χ0n) is 15.8. The second-order valence-corrected chi connectivity index (χ2v) is 7.77. The van der Waals surface area contributed by atoms with Gasteiger partial charge in [-0.1, -0.05) is 42.5 Å². The molecule has 0 unspecified atom stereocenters. The largest absolute Gasteiger partial charge is 0.331 e. The van der Waals surface area contributed by atoms with Gasteiger partial charge >= 0.3 is 6.03 Å². The van der Waals surface area contributed by atoms with Crippen LogP contribution in [0.1, 0.15) is 66.1 Å². The van der Waals surface area contributed by atoms with Crippen LogP contribution in [0.3, 0.4) is 0 Å². The van der Waals surface area contributed by atoms with E-state index in [1.54, 1.807) is 0 Å². The molecular formula is C23H28N2O. The van der Waals surface area contributed by atoms with Crippen molar-refractivity contribution >= 4 is 6.03 Å². The van der Waals surface area contributed by atoms with Crippen molar-refractivity contribution in [2.75, 3.05) is 7.05 Å². The van der Waals surface area contributed by atoms with Gasteiger partial charge in [-0.2, -0.15) is 0 Å². The van der Waals surface area contributed by atoms with E-state index >= 15 is 0 Å². The molecule has 2 aromatic rings. The predicted molar refractivity (Wildman–Crippen MR) is 105 cm³/mol. The van der Waals surface area contributed by atoms with Crippen LogP contribution < -0.4 is 5.32 Å². The molecule has 0 heterocycles. The van der Waals surface area contributed by atoms with Gasteiger partial charge in [-0.3, -0.25) is 0 Å². The summed E-state index contributed by atoms with van der Waals surface area (Å²) < 4.78 is 0. The Morgan fingerprint density at radius 2 is 1.81 bits per heavy atom. The maximum atomic E-state index is 12.8. The van der Waals surface area contributed by atoms with Gasteiger partial charge in [-0.25, -0.2) is 4.79 Å². The van der Waals surface area contributed by atoms with Gasteiger partial charge in [0.15, 0.2) is 0 Å².